The van der Waals surface area contributed by atoms with Gasteiger partial charge in [-0.2, -0.15) is 0 Å². The molecule has 2 aromatic rings. The van der Waals surface area contributed by atoms with Crippen molar-refractivity contribution in [1.82, 2.24) is 10.6 Å². The zero-order valence-electron chi connectivity index (χ0n) is 12.9. The standard InChI is InChI=1S/C18H21FN2O2/c19-14-8-6-13(7-9-14)16(17-5-2-12-23-17)10-11-20-18(22)21-15-3-1-4-15/h2,5-9,12,15-16H,1,3-4,10-11H2,(H2,20,21,22). The van der Waals surface area contributed by atoms with Crippen molar-refractivity contribution in [2.24, 2.45) is 0 Å². The van der Waals surface area contributed by atoms with Gasteiger partial charge in [-0.3, -0.25) is 0 Å². The fourth-order valence-corrected chi connectivity index (χ4v) is 2.78. The summed E-state index contributed by atoms with van der Waals surface area (Å²) in [5.41, 5.74) is 0.975. The molecule has 1 aromatic heterocycles. The number of urea groups is 1. The summed E-state index contributed by atoms with van der Waals surface area (Å²) in [6.45, 7) is 0.529. The quantitative estimate of drug-likeness (QED) is 0.852. The van der Waals surface area contributed by atoms with E-state index in [4.69, 9.17) is 4.42 Å². The molecule has 5 heteroatoms. The molecular weight excluding hydrogens is 295 g/mol. The smallest absolute Gasteiger partial charge is 0.315 e. The van der Waals surface area contributed by atoms with Gasteiger partial charge in [-0.15, -0.1) is 0 Å². The Morgan fingerprint density at radius 2 is 2.04 bits per heavy atom. The van der Waals surface area contributed by atoms with Crippen LogP contribution in [0.4, 0.5) is 9.18 Å². The second kappa shape index (κ2) is 7.31. The van der Waals surface area contributed by atoms with Crippen molar-refractivity contribution in [3.05, 3.63) is 59.8 Å². The zero-order chi connectivity index (χ0) is 16.1. The van der Waals surface area contributed by atoms with Crippen LogP contribution in [0.2, 0.25) is 0 Å². The topological polar surface area (TPSA) is 54.3 Å². The van der Waals surface area contributed by atoms with Gasteiger partial charge in [-0.1, -0.05) is 12.1 Å². The van der Waals surface area contributed by atoms with Crippen LogP contribution in [0, 0.1) is 5.82 Å². The highest BCUT2D eigenvalue weighted by molar-refractivity contribution is 5.74. The number of benzene rings is 1. The largest absolute Gasteiger partial charge is 0.469 e. The van der Waals surface area contributed by atoms with Gasteiger partial charge >= 0.3 is 6.03 Å². The molecule has 2 N–H and O–H groups in total. The molecule has 1 aliphatic rings. The summed E-state index contributed by atoms with van der Waals surface area (Å²) in [6, 6.07) is 10.4. The second-order valence-corrected chi connectivity index (χ2v) is 5.94. The molecule has 23 heavy (non-hydrogen) atoms. The average molecular weight is 316 g/mol. The summed E-state index contributed by atoms with van der Waals surface area (Å²) in [5, 5.41) is 5.84. The van der Waals surface area contributed by atoms with Crippen molar-refractivity contribution in [3.8, 4) is 0 Å². The minimum atomic E-state index is -0.259. The number of rotatable bonds is 6. The number of nitrogens with one attached hydrogen (secondary N) is 2. The van der Waals surface area contributed by atoms with Gasteiger partial charge in [0.15, 0.2) is 0 Å². The van der Waals surface area contributed by atoms with Gasteiger partial charge in [-0.05, 0) is 55.5 Å². The van der Waals surface area contributed by atoms with E-state index in [9.17, 15) is 9.18 Å². The molecule has 0 bridgehead atoms. The second-order valence-electron chi connectivity index (χ2n) is 5.94. The van der Waals surface area contributed by atoms with Crippen LogP contribution in [0.25, 0.3) is 0 Å². The Morgan fingerprint density at radius 3 is 2.65 bits per heavy atom. The molecule has 122 valence electrons. The molecule has 4 nitrogen and oxygen atoms in total. The normalized spacial score (nSPS) is 15.7. The molecular formula is C18H21FN2O2. The number of carbonyl (C=O) groups excluding carboxylic acids is 1. The summed E-state index contributed by atoms with van der Waals surface area (Å²) in [5.74, 6) is 0.553. The average Bonchev–Trinajstić information content (AvgIpc) is 3.03. The Bertz CT molecular complexity index is 621. The Kier molecular flexibility index (Phi) is 4.95. The number of carbonyl (C=O) groups is 1. The van der Waals surface area contributed by atoms with Gasteiger partial charge in [0.25, 0.3) is 0 Å². The lowest BCUT2D eigenvalue weighted by Crippen LogP contribution is -2.45. The van der Waals surface area contributed by atoms with Crippen molar-refractivity contribution in [1.29, 1.82) is 0 Å². The molecule has 0 radical (unpaired) electrons. The third-order valence-electron chi connectivity index (χ3n) is 4.32. The summed E-state index contributed by atoms with van der Waals surface area (Å²) in [7, 11) is 0. The van der Waals surface area contributed by atoms with Crippen molar-refractivity contribution < 1.29 is 13.6 Å². The molecule has 0 saturated heterocycles. The molecule has 1 fully saturated rings. The van der Waals surface area contributed by atoms with E-state index >= 15 is 0 Å². The van der Waals surface area contributed by atoms with E-state index in [-0.39, 0.29) is 17.8 Å². The maximum atomic E-state index is 13.1. The van der Waals surface area contributed by atoms with Crippen LogP contribution in [0.15, 0.2) is 47.1 Å². The number of halogens is 1. The lowest BCUT2D eigenvalue weighted by atomic mass is 9.93. The van der Waals surface area contributed by atoms with E-state index in [0.29, 0.717) is 19.0 Å². The molecule has 1 aliphatic carbocycles. The number of furan rings is 1. The maximum Gasteiger partial charge on any atom is 0.315 e. The fourth-order valence-electron chi connectivity index (χ4n) is 2.78. The lowest BCUT2D eigenvalue weighted by molar-refractivity contribution is 0.228. The fraction of sp³-hybridized carbons (Fsp3) is 0.389. The van der Waals surface area contributed by atoms with E-state index < -0.39 is 0 Å². The molecule has 1 heterocycles. The summed E-state index contributed by atoms with van der Waals surface area (Å²) >= 11 is 0. The zero-order valence-corrected chi connectivity index (χ0v) is 12.9. The van der Waals surface area contributed by atoms with Gasteiger partial charge in [0.2, 0.25) is 0 Å². The monoisotopic (exact) mass is 316 g/mol. The van der Waals surface area contributed by atoms with Crippen molar-refractivity contribution in [2.45, 2.75) is 37.6 Å². The van der Waals surface area contributed by atoms with Crippen LogP contribution >= 0.6 is 0 Å². The first kappa shape index (κ1) is 15.6. The Labute approximate surface area is 135 Å². The van der Waals surface area contributed by atoms with E-state index in [1.54, 1.807) is 18.4 Å². The first-order chi connectivity index (χ1) is 11.2. The molecule has 1 atom stereocenters. The third kappa shape index (κ3) is 4.12. The highest BCUT2D eigenvalue weighted by atomic mass is 19.1. The Hall–Kier alpha value is -2.30. The van der Waals surface area contributed by atoms with Crippen LogP contribution in [0.1, 0.15) is 42.9 Å². The van der Waals surface area contributed by atoms with Gasteiger partial charge in [0, 0.05) is 18.5 Å². The van der Waals surface area contributed by atoms with Crippen molar-refractivity contribution in [3.63, 3.8) is 0 Å². The minimum Gasteiger partial charge on any atom is -0.469 e. The first-order valence-electron chi connectivity index (χ1n) is 8.05. The molecule has 1 saturated carbocycles. The highest BCUT2D eigenvalue weighted by Crippen LogP contribution is 2.28. The van der Waals surface area contributed by atoms with Crippen molar-refractivity contribution in [2.75, 3.05) is 6.54 Å². The first-order valence-corrected chi connectivity index (χ1v) is 8.05. The van der Waals surface area contributed by atoms with Crippen LogP contribution in [-0.2, 0) is 0 Å². The molecule has 1 aromatic carbocycles. The number of hydrogen-bond acceptors (Lipinski definition) is 2. The van der Waals surface area contributed by atoms with E-state index in [2.05, 4.69) is 10.6 Å². The maximum absolute atomic E-state index is 13.1. The number of hydrogen-bond donors (Lipinski definition) is 2. The van der Waals surface area contributed by atoms with Crippen LogP contribution < -0.4 is 10.6 Å². The molecule has 2 amide bonds. The summed E-state index contributed by atoms with van der Waals surface area (Å²) in [6.07, 6.45) is 5.64. The minimum absolute atomic E-state index is 0.00500. The molecule has 0 spiro atoms. The lowest BCUT2D eigenvalue weighted by Gasteiger charge is -2.26. The van der Waals surface area contributed by atoms with E-state index in [0.717, 1.165) is 24.2 Å². The SMILES string of the molecule is O=C(NCCC(c1ccc(F)cc1)c1ccco1)NC1CCC1. The van der Waals surface area contributed by atoms with Crippen LogP contribution in [-0.4, -0.2) is 18.6 Å². The summed E-state index contributed by atoms with van der Waals surface area (Å²) < 4.78 is 18.6. The van der Waals surface area contributed by atoms with E-state index in [1.165, 1.54) is 18.6 Å². The van der Waals surface area contributed by atoms with Gasteiger partial charge in [0.1, 0.15) is 11.6 Å². The molecule has 0 aliphatic heterocycles. The Balaban J connectivity index is 1.58. The third-order valence-corrected chi connectivity index (χ3v) is 4.32. The molecule has 3 rings (SSSR count). The predicted octanol–water partition coefficient (Wildman–Crippen LogP) is 3.79. The summed E-state index contributed by atoms with van der Waals surface area (Å²) in [4.78, 5) is 11.8. The van der Waals surface area contributed by atoms with Crippen LogP contribution in [0.5, 0.6) is 0 Å². The Morgan fingerprint density at radius 1 is 1.26 bits per heavy atom. The molecule has 1 unspecified atom stereocenters. The number of amides is 2. The van der Waals surface area contributed by atoms with E-state index in [1.807, 2.05) is 12.1 Å². The van der Waals surface area contributed by atoms with Crippen molar-refractivity contribution >= 4 is 6.03 Å². The highest BCUT2D eigenvalue weighted by Gasteiger charge is 2.20. The van der Waals surface area contributed by atoms with Gasteiger partial charge in [0.05, 0.1) is 6.26 Å². The predicted molar refractivity (Wildman–Crippen MR) is 85.7 cm³/mol. The van der Waals surface area contributed by atoms with Crippen LogP contribution in [0.3, 0.4) is 0 Å². The van der Waals surface area contributed by atoms with Gasteiger partial charge in [-0.25, -0.2) is 9.18 Å². The van der Waals surface area contributed by atoms with Gasteiger partial charge < -0.3 is 15.1 Å².